The molecule has 0 spiro atoms. The average molecular weight is 392 g/mol. The van der Waals surface area contributed by atoms with E-state index in [1.807, 2.05) is 24.3 Å². The average Bonchev–Trinajstić information content (AvgIpc) is 2.64. The van der Waals surface area contributed by atoms with Crippen molar-refractivity contribution in [3.8, 4) is 0 Å². The maximum Gasteiger partial charge on any atom is 0.233 e. The van der Waals surface area contributed by atoms with Crippen LogP contribution < -0.4 is 10.2 Å². The molecule has 0 radical (unpaired) electrons. The van der Waals surface area contributed by atoms with Crippen molar-refractivity contribution < 1.29 is 9.59 Å². The molecule has 2 aromatic carbocycles. The number of anilines is 2. The summed E-state index contributed by atoms with van der Waals surface area (Å²) in [5, 5.41) is 4.00. The van der Waals surface area contributed by atoms with Gasteiger partial charge in [0.1, 0.15) is 6.42 Å². The summed E-state index contributed by atoms with van der Waals surface area (Å²) < 4.78 is 0. The second-order valence-corrected chi connectivity index (χ2v) is 6.95. The van der Waals surface area contributed by atoms with E-state index in [-0.39, 0.29) is 18.2 Å². The molecule has 1 aliphatic heterocycles. The van der Waals surface area contributed by atoms with Gasteiger partial charge in [0.2, 0.25) is 11.8 Å². The molecule has 3 rings (SSSR count). The Bertz CT molecular complexity index is 788. The van der Waals surface area contributed by atoms with Gasteiger partial charge in [-0.05, 0) is 42.5 Å². The molecule has 0 unspecified atom stereocenters. The fourth-order valence-corrected chi connectivity index (χ4v) is 3.18. The molecule has 2 aromatic rings. The fraction of sp³-hybridized carbons (Fsp3) is 0.263. The number of hydrogen-bond donors (Lipinski definition) is 1. The topological polar surface area (TPSA) is 52.7 Å². The first-order chi connectivity index (χ1) is 12.5. The number of benzene rings is 2. The maximum absolute atomic E-state index is 12.4. The van der Waals surface area contributed by atoms with E-state index in [4.69, 9.17) is 23.2 Å². The minimum absolute atomic E-state index is 0.165. The number of nitrogens with one attached hydrogen (secondary N) is 1. The molecule has 1 fully saturated rings. The first kappa shape index (κ1) is 18.5. The van der Waals surface area contributed by atoms with Crippen molar-refractivity contribution in [3.05, 3.63) is 58.6 Å². The van der Waals surface area contributed by atoms with Gasteiger partial charge in [-0.25, -0.2) is 0 Å². The SMILES string of the molecule is O=C(CC(=O)N1CCN(c2cccc(Cl)c2)CC1)Nc1ccc(Cl)cc1. The Morgan fingerprint density at radius 3 is 2.27 bits per heavy atom. The van der Waals surface area contributed by atoms with Crippen LogP contribution in [0, 0.1) is 0 Å². The van der Waals surface area contributed by atoms with E-state index in [2.05, 4.69) is 10.2 Å². The van der Waals surface area contributed by atoms with Crippen LogP contribution in [-0.4, -0.2) is 42.9 Å². The van der Waals surface area contributed by atoms with Crippen molar-refractivity contribution in [1.82, 2.24) is 4.90 Å². The summed E-state index contributed by atoms with van der Waals surface area (Å²) in [6, 6.07) is 14.5. The molecule has 0 aliphatic carbocycles. The van der Waals surface area contributed by atoms with E-state index in [1.54, 1.807) is 29.2 Å². The van der Waals surface area contributed by atoms with Crippen molar-refractivity contribution in [2.24, 2.45) is 0 Å². The van der Waals surface area contributed by atoms with Gasteiger partial charge in [-0.15, -0.1) is 0 Å². The van der Waals surface area contributed by atoms with Crippen LogP contribution >= 0.6 is 23.2 Å². The lowest BCUT2D eigenvalue weighted by Gasteiger charge is -2.36. The molecule has 0 atom stereocenters. The molecule has 0 bridgehead atoms. The minimum atomic E-state index is -0.324. The van der Waals surface area contributed by atoms with E-state index < -0.39 is 0 Å². The highest BCUT2D eigenvalue weighted by atomic mass is 35.5. The van der Waals surface area contributed by atoms with Crippen LogP contribution in [0.2, 0.25) is 10.0 Å². The number of carbonyl (C=O) groups excluding carboxylic acids is 2. The van der Waals surface area contributed by atoms with Gasteiger partial charge >= 0.3 is 0 Å². The molecule has 5 nitrogen and oxygen atoms in total. The lowest BCUT2D eigenvalue weighted by Crippen LogP contribution is -2.49. The van der Waals surface area contributed by atoms with E-state index in [0.29, 0.717) is 41.9 Å². The standard InChI is InChI=1S/C19H19Cl2N3O2/c20-14-4-6-16(7-5-14)22-18(25)13-19(26)24-10-8-23(9-11-24)17-3-1-2-15(21)12-17/h1-7,12H,8-11,13H2,(H,22,25). The van der Waals surface area contributed by atoms with Crippen LogP contribution in [0.5, 0.6) is 0 Å². The van der Waals surface area contributed by atoms with Gasteiger partial charge < -0.3 is 15.1 Å². The third kappa shape index (κ3) is 4.90. The summed E-state index contributed by atoms with van der Waals surface area (Å²) in [5.74, 6) is -0.489. The summed E-state index contributed by atoms with van der Waals surface area (Å²) in [6.07, 6.45) is -0.167. The minimum Gasteiger partial charge on any atom is -0.368 e. The molecule has 7 heteroatoms. The zero-order valence-corrected chi connectivity index (χ0v) is 15.6. The number of halogens is 2. The molecule has 1 saturated heterocycles. The van der Waals surface area contributed by atoms with Gasteiger partial charge in [-0.3, -0.25) is 9.59 Å². The maximum atomic E-state index is 12.4. The Kier molecular flexibility index (Phi) is 6.01. The van der Waals surface area contributed by atoms with Crippen molar-refractivity contribution in [2.45, 2.75) is 6.42 Å². The van der Waals surface area contributed by atoms with Crippen LogP contribution in [0.25, 0.3) is 0 Å². The smallest absolute Gasteiger partial charge is 0.233 e. The number of nitrogens with zero attached hydrogens (tertiary/aromatic N) is 2. The highest BCUT2D eigenvalue weighted by molar-refractivity contribution is 6.31. The molecule has 1 aliphatic rings. The normalized spacial score (nSPS) is 14.2. The predicted octanol–water partition coefficient (Wildman–Crippen LogP) is 3.67. The predicted molar refractivity (Wildman–Crippen MR) is 105 cm³/mol. The van der Waals surface area contributed by atoms with Crippen LogP contribution in [0.1, 0.15) is 6.42 Å². The molecule has 0 saturated carbocycles. The van der Waals surface area contributed by atoms with Crippen molar-refractivity contribution in [3.63, 3.8) is 0 Å². The van der Waals surface area contributed by atoms with Crippen molar-refractivity contribution >= 4 is 46.4 Å². The van der Waals surface area contributed by atoms with Crippen molar-refractivity contribution in [1.29, 1.82) is 0 Å². The molecule has 0 aromatic heterocycles. The van der Waals surface area contributed by atoms with Gasteiger partial charge in [-0.1, -0.05) is 29.3 Å². The Morgan fingerprint density at radius 2 is 1.62 bits per heavy atom. The highest BCUT2D eigenvalue weighted by Crippen LogP contribution is 2.21. The third-order valence-corrected chi connectivity index (χ3v) is 4.73. The number of hydrogen-bond acceptors (Lipinski definition) is 3. The second-order valence-electron chi connectivity index (χ2n) is 6.08. The van der Waals surface area contributed by atoms with Gasteiger partial charge in [-0.2, -0.15) is 0 Å². The number of piperazine rings is 1. The van der Waals surface area contributed by atoms with E-state index in [9.17, 15) is 9.59 Å². The van der Waals surface area contributed by atoms with Crippen molar-refractivity contribution in [2.75, 3.05) is 36.4 Å². The first-order valence-electron chi connectivity index (χ1n) is 8.35. The summed E-state index contributed by atoms with van der Waals surface area (Å²) >= 11 is 11.8. The largest absolute Gasteiger partial charge is 0.368 e. The second kappa shape index (κ2) is 8.43. The fourth-order valence-electron chi connectivity index (χ4n) is 2.87. The monoisotopic (exact) mass is 391 g/mol. The third-order valence-electron chi connectivity index (χ3n) is 4.25. The summed E-state index contributed by atoms with van der Waals surface area (Å²) in [6.45, 7) is 2.59. The summed E-state index contributed by atoms with van der Waals surface area (Å²) in [7, 11) is 0. The first-order valence-corrected chi connectivity index (χ1v) is 9.10. The van der Waals surface area contributed by atoms with E-state index in [0.717, 1.165) is 5.69 Å². The molecule has 1 N–H and O–H groups in total. The molecule has 2 amide bonds. The lowest BCUT2D eigenvalue weighted by molar-refractivity contribution is -0.134. The molecular weight excluding hydrogens is 373 g/mol. The number of rotatable bonds is 4. The molecule has 1 heterocycles. The van der Waals surface area contributed by atoms with Crippen LogP contribution in [0.15, 0.2) is 48.5 Å². The molecular formula is C19H19Cl2N3O2. The molecule has 26 heavy (non-hydrogen) atoms. The van der Waals surface area contributed by atoms with Gasteiger partial charge in [0.25, 0.3) is 0 Å². The zero-order chi connectivity index (χ0) is 18.5. The van der Waals surface area contributed by atoms with Gasteiger partial charge in [0, 0.05) is 47.6 Å². The van der Waals surface area contributed by atoms with Crippen LogP contribution in [0.3, 0.4) is 0 Å². The van der Waals surface area contributed by atoms with Gasteiger partial charge in [0.15, 0.2) is 0 Å². The number of carbonyl (C=O) groups is 2. The Labute approximate surface area is 162 Å². The summed E-state index contributed by atoms with van der Waals surface area (Å²) in [4.78, 5) is 28.3. The highest BCUT2D eigenvalue weighted by Gasteiger charge is 2.23. The van der Waals surface area contributed by atoms with Crippen LogP contribution in [-0.2, 0) is 9.59 Å². The Morgan fingerprint density at radius 1 is 0.923 bits per heavy atom. The summed E-state index contributed by atoms with van der Waals surface area (Å²) in [5.41, 5.74) is 1.67. The lowest BCUT2D eigenvalue weighted by atomic mass is 10.2. The van der Waals surface area contributed by atoms with Gasteiger partial charge in [0.05, 0.1) is 0 Å². The quantitative estimate of drug-likeness (QED) is 0.808. The Hall–Kier alpha value is -2.24. The van der Waals surface area contributed by atoms with Crippen LogP contribution in [0.4, 0.5) is 11.4 Å². The zero-order valence-electron chi connectivity index (χ0n) is 14.1. The van der Waals surface area contributed by atoms with E-state index in [1.165, 1.54) is 0 Å². The number of amides is 2. The molecule has 136 valence electrons. The Balaban J connectivity index is 1.48. The van der Waals surface area contributed by atoms with E-state index >= 15 is 0 Å².